The number of piperidine rings is 1. The third-order valence-corrected chi connectivity index (χ3v) is 5.82. The average molecular weight is 387 g/mol. The molecule has 2 amide bonds. The Morgan fingerprint density at radius 3 is 2.57 bits per heavy atom. The zero-order chi connectivity index (χ0) is 20.1. The van der Waals surface area contributed by atoms with Gasteiger partial charge < -0.3 is 15.3 Å². The molecule has 1 saturated carbocycles. The number of rotatable bonds is 7. The first-order chi connectivity index (χ1) is 13.5. The fourth-order valence-corrected chi connectivity index (χ4v) is 4.13. The molecule has 2 aliphatic rings. The molecule has 3 rings (SSSR count). The maximum atomic E-state index is 12.7. The first-order valence-corrected chi connectivity index (χ1v) is 10.1. The van der Waals surface area contributed by atoms with E-state index in [0.717, 1.165) is 25.7 Å². The van der Waals surface area contributed by atoms with E-state index in [1.54, 1.807) is 17.0 Å². The zero-order valence-corrected chi connectivity index (χ0v) is 16.3. The maximum Gasteiger partial charge on any atom is 0.317 e. The van der Waals surface area contributed by atoms with Gasteiger partial charge in [0.15, 0.2) is 0 Å². The van der Waals surface area contributed by atoms with Crippen LogP contribution in [-0.2, 0) is 9.59 Å². The van der Waals surface area contributed by atoms with E-state index in [0.29, 0.717) is 25.2 Å². The Morgan fingerprint density at radius 1 is 1.21 bits per heavy atom. The van der Waals surface area contributed by atoms with Gasteiger partial charge in [-0.05, 0) is 44.4 Å². The minimum atomic E-state index is -0.820. The molecule has 28 heavy (non-hydrogen) atoms. The molecule has 7 heteroatoms. The van der Waals surface area contributed by atoms with Gasteiger partial charge in [-0.1, -0.05) is 25.1 Å². The van der Waals surface area contributed by atoms with Crippen LogP contribution in [-0.4, -0.2) is 71.0 Å². The van der Waals surface area contributed by atoms with Gasteiger partial charge in [0.25, 0.3) is 5.91 Å². The Bertz CT molecular complexity index is 703. The summed E-state index contributed by atoms with van der Waals surface area (Å²) >= 11 is 0. The molecular formula is C21H29N3O4. The van der Waals surface area contributed by atoms with Crippen LogP contribution in [0.5, 0.6) is 0 Å². The van der Waals surface area contributed by atoms with E-state index in [1.165, 1.54) is 0 Å². The lowest BCUT2D eigenvalue weighted by Crippen LogP contribution is -2.56. The number of aliphatic carboxylic acids is 1. The molecule has 7 nitrogen and oxygen atoms in total. The summed E-state index contributed by atoms with van der Waals surface area (Å²) in [5.74, 6) is -1.01. The van der Waals surface area contributed by atoms with Gasteiger partial charge >= 0.3 is 5.97 Å². The Labute approximate surface area is 165 Å². The van der Waals surface area contributed by atoms with Crippen molar-refractivity contribution in [3.05, 3.63) is 35.9 Å². The van der Waals surface area contributed by atoms with Crippen LogP contribution in [0.1, 0.15) is 43.0 Å². The molecule has 0 aromatic heterocycles. The quantitative estimate of drug-likeness (QED) is 0.742. The van der Waals surface area contributed by atoms with Crippen LogP contribution in [0.25, 0.3) is 0 Å². The lowest BCUT2D eigenvalue weighted by Gasteiger charge is -2.43. The topological polar surface area (TPSA) is 90.0 Å². The number of carboxylic acid groups (broad SMARTS) is 1. The van der Waals surface area contributed by atoms with Crippen LogP contribution in [0, 0.1) is 5.92 Å². The predicted octanol–water partition coefficient (Wildman–Crippen LogP) is 1.59. The summed E-state index contributed by atoms with van der Waals surface area (Å²) in [7, 11) is 0. The number of likely N-dealkylation sites (tertiary alicyclic amines) is 1. The second-order valence-electron chi connectivity index (χ2n) is 7.74. The van der Waals surface area contributed by atoms with Gasteiger partial charge in [0.05, 0.1) is 12.5 Å². The zero-order valence-electron chi connectivity index (χ0n) is 16.3. The minimum Gasteiger partial charge on any atom is -0.480 e. The molecule has 0 radical (unpaired) electrons. The fourth-order valence-electron chi connectivity index (χ4n) is 4.13. The summed E-state index contributed by atoms with van der Waals surface area (Å²) in [5, 5.41) is 12.1. The van der Waals surface area contributed by atoms with Crippen LogP contribution in [0.15, 0.2) is 30.3 Å². The molecule has 1 heterocycles. The molecule has 1 unspecified atom stereocenters. The van der Waals surface area contributed by atoms with E-state index in [1.807, 2.05) is 30.0 Å². The van der Waals surface area contributed by atoms with Gasteiger partial charge in [-0.3, -0.25) is 19.3 Å². The second kappa shape index (κ2) is 9.19. The smallest absolute Gasteiger partial charge is 0.317 e. The molecule has 1 aromatic rings. The van der Waals surface area contributed by atoms with Crippen molar-refractivity contribution < 1.29 is 19.5 Å². The number of hydrogen-bond donors (Lipinski definition) is 2. The standard InChI is InChI=1S/C21H29N3O4/c1-2-23(14-19(25)26)18-11-17(12-18)22-20(27)16-9-6-10-24(13-16)21(28)15-7-4-3-5-8-15/h3-5,7-8,16-18H,2,6,9-14H2,1H3,(H,22,27)(H,25,26). The number of amides is 2. The molecule has 0 bridgehead atoms. The summed E-state index contributed by atoms with van der Waals surface area (Å²) in [6.07, 6.45) is 3.19. The van der Waals surface area contributed by atoms with E-state index in [9.17, 15) is 14.4 Å². The van der Waals surface area contributed by atoms with Gasteiger partial charge in [-0.15, -0.1) is 0 Å². The van der Waals surface area contributed by atoms with Crippen molar-refractivity contribution in [1.82, 2.24) is 15.1 Å². The highest BCUT2D eigenvalue weighted by Crippen LogP contribution is 2.27. The van der Waals surface area contributed by atoms with E-state index >= 15 is 0 Å². The number of nitrogens with zero attached hydrogens (tertiary/aromatic N) is 2. The van der Waals surface area contributed by atoms with Crippen molar-refractivity contribution in [2.24, 2.45) is 5.92 Å². The maximum absolute atomic E-state index is 12.7. The van der Waals surface area contributed by atoms with Crippen molar-refractivity contribution >= 4 is 17.8 Å². The van der Waals surface area contributed by atoms with E-state index in [2.05, 4.69) is 5.32 Å². The number of nitrogens with one attached hydrogen (secondary N) is 1. The Balaban J connectivity index is 1.47. The molecule has 0 spiro atoms. The fraction of sp³-hybridized carbons (Fsp3) is 0.571. The van der Waals surface area contributed by atoms with Crippen molar-refractivity contribution in [3.8, 4) is 0 Å². The lowest BCUT2D eigenvalue weighted by atomic mass is 9.84. The first-order valence-electron chi connectivity index (χ1n) is 10.1. The molecule has 1 aliphatic carbocycles. The van der Waals surface area contributed by atoms with Gasteiger partial charge in [0, 0.05) is 30.7 Å². The summed E-state index contributed by atoms with van der Waals surface area (Å²) in [6, 6.07) is 9.49. The highest BCUT2D eigenvalue weighted by atomic mass is 16.4. The van der Waals surface area contributed by atoms with Crippen LogP contribution in [0.3, 0.4) is 0 Å². The molecule has 1 aromatic carbocycles. The molecule has 2 N–H and O–H groups in total. The first kappa shape index (κ1) is 20.3. The summed E-state index contributed by atoms with van der Waals surface area (Å²) in [6.45, 7) is 3.83. The average Bonchev–Trinajstić information content (AvgIpc) is 2.68. The molecule has 1 atom stereocenters. The Kier molecular flexibility index (Phi) is 6.67. The lowest BCUT2D eigenvalue weighted by molar-refractivity contribution is -0.140. The molecule has 1 aliphatic heterocycles. The summed E-state index contributed by atoms with van der Waals surface area (Å²) in [5.41, 5.74) is 0.656. The number of likely N-dealkylation sites (N-methyl/N-ethyl adjacent to an activating group) is 1. The molecule has 2 fully saturated rings. The SMILES string of the molecule is CCN(CC(=O)O)C1CC(NC(=O)C2CCCN(C(=O)c3ccccc3)C2)C1. The number of carbonyl (C=O) groups is 3. The van der Waals surface area contributed by atoms with Gasteiger partial charge in [-0.2, -0.15) is 0 Å². The minimum absolute atomic E-state index is 0.00953. The molecule has 1 saturated heterocycles. The van der Waals surface area contributed by atoms with Crippen LogP contribution in [0.2, 0.25) is 0 Å². The van der Waals surface area contributed by atoms with E-state index in [4.69, 9.17) is 5.11 Å². The monoisotopic (exact) mass is 387 g/mol. The highest BCUT2D eigenvalue weighted by Gasteiger charge is 2.36. The van der Waals surface area contributed by atoms with Gasteiger partial charge in [-0.25, -0.2) is 0 Å². The van der Waals surface area contributed by atoms with Crippen LogP contribution in [0.4, 0.5) is 0 Å². The third-order valence-electron chi connectivity index (χ3n) is 5.82. The van der Waals surface area contributed by atoms with Crippen LogP contribution < -0.4 is 5.32 Å². The summed E-state index contributed by atoms with van der Waals surface area (Å²) in [4.78, 5) is 39.9. The van der Waals surface area contributed by atoms with E-state index < -0.39 is 5.97 Å². The molecule has 152 valence electrons. The summed E-state index contributed by atoms with van der Waals surface area (Å²) < 4.78 is 0. The Morgan fingerprint density at radius 2 is 1.93 bits per heavy atom. The predicted molar refractivity (Wildman–Crippen MR) is 105 cm³/mol. The number of hydrogen-bond acceptors (Lipinski definition) is 4. The van der Waals surface area contributed by atoms with Crippen molar-refractivity contribution in [2.75, 3.05) is 26.2 Å². The van der Waals surface area contributed by atoms with Gasteiger partial charge in [0.1, 0.15) is 0 Å². The van der Waals surface area contributed by atoms with Crippen molar-refractivity contribution in [3.63, 3.8) is 0 Å². The van der Waals surface area contributed by atoms with Crippen LogP contribution >= 0.6 is 0 Å². The normalized spacial score (nSPS) is 24.5. The second-order valence-corrected chi connectivity index (χ2v) is 7.74. The largest absolute Gasteiger partial charge is 0.480 e. The third kappa shape index (κ3) is 4.90. The van der Waals surface area contributed by atoms with Crippen molar-refractivity contribution in [2.45, 2.75) is 44.7 Å². The van der Waals surface area contributed by atoms with E-state index in [-0.39, 0.29) is 36.4 Å². The Hall–Kier alpha value is -2.41. The number of benzene rings is 1. The highest BCUT2D eigenvalue weighted by molar-refractivity contribution is 5.94. The van der Waals surface area contributed by atoms with Crippen molar-refractivity contribution in [1.29, 1.82) is 0 Å². The number of carboxylic acids is 1. The molecular weight excluding hydrogens is 358 g/mol. The number of carbonyl (C=O) groups excluding carboxylic acids is 2. The van der Waals surface area contributed by atoms with Gasteiger partial charge in [0.2, 0.25) is 5.91 Å².